The van der Waals surface area contributed by atoms with Crippen LogP contribution in [-0.2, 0) is 9.53 Å². The highest BCUT2D eigenvalue weighted by Gasteiger charge is 2.27. The topological polar surface area (TPSA) is 78.9 Å². The van der Waals surface area contributed by atoms with Crippen molar-refractivity contribution in [3.63, 3.8) is 0 Å². The number of ether oxygens (including phenoxy) is 1. The second kappa shape index (κ2) is 7.99. The third-order valence-corrected chi connectivity index (χ3v) is 3.40. The van der Waals surface area contributed by atoms with Gasteiger partial charge >= 0.3 is 12.0 Å². The Balaban J connectivity index is 2.42. The first-order valence-corrected chi connectivity index (χ1v) is 6.89. The molecule has 1 aliphatic carbocycles. The molecule has 110 valence electrons. The molecule has 2 amide bonds. The molecule has 0 aliphatic heterocycles. The van der Waals surface area contributed by atoms with Gasteiger partial charge in [-0.2, -0.15) is 0 Å². The highest BCUT2D eigenvalue weighted by Crippen LogP contribution is 2.21. The third kappa shape index (κ3) is 5.46. The van der Waals surface area contributed by atoms with Crippen LogP contribution in [0.4, 0.5) is 4.79 Å². The van der Waals surface area contributed by atoms with Crippen LogP contribution in [0, 0.1) is 0 Å². The van der Waals surface area contributed by atoms with E-state index in [1.165, 1.54) is 4.90 Å². The predicted octanol–water partition coefficient (Wildman–Crippen LogP) is 1.45. The van der Waals surface area contributed by atoms with Gasteiger partial charge < -0.3 is 20.1 Å². The summed E-state index contributed by atoms with van der Waals surface area (Å²) < 4.78 is 5.65. The van der Waals surface area contributed by atoms with E-state index in [1.807, 2.05) is 6.92 Å². The summed E-state index contributed by atoms with van der Waals surface area (Å²) in [5.41, 5.74) is 0. The van der Waals surface area contributed by atoms with Crippen molar-refractivity contribution in [2.45, 2.75) is 51.2 Å². The average Bonchev–Trinajstić information content (AvgIpc) is 2.38. The number of carboxylic acids is 1. The molecule has 0 aromatic carbocycles. The van der Waals surface area contributed by atoms with Gasteiger partial charge in [0.25, 0.3) is 0 Å². The molecule has 0 heterocycles. The van der Waals surface area contributed by atoms with E-state index in [4.69, 9.17) is 9.84 Å². The Morgan fingerprint density at radius 3 is 2.68 bits per heavy atom. The van der Waals surface area contributed by atoms with Crippen molar-refractivity contribution in [2.75, 3.05) is 20.2 Å². The molecule has 0 aromatic heterocycles. The number of amides is 2. The zero-order valence-corrected chi connectivity index (χ0v) is 11.7. The van der Waals surface area contributed by atoms with Crippen molar-refractivity contribution in [1.82, 2.24) is 10.2 Å². The average molecular weight is 272 g/mol. The molecule has 6 heteroatoms. The van der Waals surface area contributed by atoms with Crippen LogP contribution in [0.2, 0.25) is 0 Å². The molecule has 0 saturated heterocycles. The molecular weight excluding hydrogens is 248 g/mol. The highest BCUT2D eigenvalue weighted by atomic mass is 16.5. The monoisotopic (exact) mass is 272 g/mol. The van der Waals surface area contributed by atoms with Crippen molar-refractivity contribution < 1.29 is 19.4 Å². The Morgan fingerprint density at radius 1 is 1.37 bits per heavy atom. The minimum absolute atomic E-state index is 0.0356. The van der Waals surface area contributed by atoms with Gasteiger partial charge in [0, 0.05) is 20.2 Å². The van der Waals surface area contributed by atoms with Crippen LogP contribution in [0.1, 0.15) is 39.0 Å². The lowest BCUT2D eigenvalue weighted by Crippen LogP contribution is -2.50. The molecule has 1 saturated carbocycles. The summed E-state index contributed by atoms with van der Waals surface area (Å²) >= 11 is 0. The van der Waals surface area contributed by atoms with Gasteiger partial charge in [-0.05, 0) is 19.8 Å². The van der Waals surface area contributed by atoms with Crippen LogP contribution >= 0.6 is 0 Å². The summed E-state index contributed by atoms with van der Waals surface area (Å²) in [7, 11) is 1.61. The second-order valence-corrected chi connectivity index (χ2v) is 4.90. The first kappa shape index (κ1) is 15.8. The van der Waals surface area contributed by atoms with Gasteiger partial charge in [-0.15, -0.1) is 0 Å². The number of urea groups is 1. The van der Waals surface area contributed by atoms with Gasteiger partial charge in [0.2, 0.25) is 0 Å². The zero-order valence-electron chi connectivity index (χ0n) is 11.7. The van der Waals surface area contributed by atoms with Crippen molar-refractivity contribution >= 4 is 12.0 Å². The summed E-state index contributed by atoms with van der Waals surface area (Å²) in [6, 6.07) is -0.189. The highest BCUT2D eigenvalue weighted by molar-refractivity contribution is 5.75. The van der Waals surface area contributed by atoms with Crippen LogP contribution in [-0.4, -0.2) is 54.4 Å². The fourth-order valence-corrected chi connectivity index (χ4v) is 2.31. The van der Waals surface area contributed by atoms with Gasteiger partial charge in [-0.25, -0.2) is 4.79 Å². The number of carboxylic acid groups (broad SMARTS) is 1. The quantitative estimate of drug-likeness (QED) is 0.767. The fraction of sp³-hybridized carbons (Fsp3) is 0.846. The Morgan fingerprint density at radius 2 is 2.05 bits per heavy atom. The molecule has 6 nitrogen and oxygen atoms in total. The van der Waals surface area contributed by atoms with Crippen LogP contribution in [0.25, 0.3) is 0 Å². The van der Waals surface area contributed by atoms with E-state index in [1.54, 1.807) is 7.05 Å². The second-order valence-electron chi connectivity index (χ2n) is 4.90. The maximum Gasteiger partial charge on any atom is 0.317 e. The minimum Gasteiger partial charge on any atom is -0.481 e. The van der Waals surface area contributed by atoms with Crippen molar-refractivity contribution in [2.24, 2.45) is 0 Å². The van der Waals surface area contributed by atoms with Gasteiger partial charge in [-0.3, -0.25) is 4.79 Å². The van der Waals surface area contributed by atoms with Crippen LogP contribution < -0.4 is 5.32 Å². The van der Waals surface area contributed by atoms with E-state index in [0.717, 1.165) is 25.7 Å². The van der Waals surface area contributed by atoms with Crippen LogP contribution in [0.15, 0.2) is 0 Å². The van der Waals surface area contributed by atoms with E-state index in [0.29, 0.717) is 6.61 Å². The Labute approximate surface area is 114 Å². The van der Waals surface area contributed by atoms with Gasteiger partial charge in [0.05, 0.1) is 18.6 Å². The normalized spacial score (nSPS) is 22.8. The van der Waals surface area contributed by atoms with Gasteiger partial charge in [-0.1, -0.05) is 12.8 Å². The number of nitrogens with one attached hydrogen (secondary N) is 1. The molecule has 0 unspecified atom stereocenters. The van der Waals surface area contributed by atoms with Crippen LogP contribution in [0.3, 0.4) is 0 Å². The van der Waals surface area contributed by atoms with E-state index >= 15 is 0 Å². The summed E-state index contributed by atoms with van der Waals surface area (Å²) in [5, 5.41) is 11.5. The Bertz CT molecular complexity index is 307. The Kier molecular flexibility index (Phi) is 6.62. The maximum atomic E-state index is 11.9. The Hall–Kier alpha value is -1.30. The van der Waals surface area contributed by atoms with Crippen molar-refractivity contribution in [3.05, 3.63) is 0 Å². The first-order chi connectivity index (χ1) is 9.04. The van der Waals surface area contributed by atoms with Crippen molar-refractivity contribution in [3.8, 4) is 0 Å². The summed E-state index contributed by atoms with van der Waals surface area (Å²) in [6.07, 6.45) is 4.15. The lowest BCUT2D eigenvalue weighted by atomic mass is 9.92. The lowest BCUT2D eigenvalue weighted by Gasteiger charge is -2.33. The van der Waals surface area contributed by atoms with E-state index < -0.39 is 5.97 Å². The standard InChI is InChI=1S/C13H24N2O4/c1-3-19-11-7-5-4-6-10(11)14-13(18)15(2)9-8-12(16)17/h10-11H,3-9H2,1-2H3,(H,14,18)(H,16,17)/t10-,11-/m1/s1. The van der Waals surface area contributed by atoms with Gasteiger partial charge in [0.15, 0.2) is 0 Å². The summed E-state index contributed by atoms with van der Waals surface area (Å²) in [6.45, 7) is 2.81. The molecule has 0 bridgehead atoms. The predicted molar refractivity (Wildman–Crippen MR) is 71.1 cm³/mol. The molecule has 2 N–H and O–H groups in total. The molecule has 19 heavy (non-hydrogen) atoms. The maximum absolute atomic E-state index is 11.9. The van der Waals surface area contributed by atoms with Crippen LogP contribution in [0.5, 0.6) is 0 Å². The molecule has 1 rings (SSSR count). The molecule has 1 aliphatic rings. The largest absolute Gasteiger partial charge is 0.481 e. The first-order valence-electron chi connectivity index (χ1n) is 6.89. The van der Waals surface area contributed by atoms with E-state index in [-0.39, 0.29) is 31.1 Å². The molecule has 2 atom stereocenters. The third-order valence-electron chi connectivity index (χ3n) is 3.40. The van der Waals surface area contributed by atoms with Crippen molar-refractivity contribution in [1.29, 1.82) is 0 Å². The number of rotatable bonds is 6. The molecule has 0 radical (unpaired) electrons. The number of aliphatic carboxylic acids is 1. The van der Waals surface area contributed by atoms with E-state index in [2.05, 4.69) is 5.32 Å². The minimum atomic E-state index is -0.899. The van der Waals surface area contributed by atoms with E-state index in [9.17, 15) is 9.59 Å². The van der Waals surface area contributed by atoms with Gasteiger partial charge in [0.1, 0.15) is 0 Å². The molecule has 0 spiro atoms. The molecule has 1 fully saturated rings. The zero-order chi connectivity index (χ0) is 14.3. The summed E-state index contributed by atoms with van der Waals surface area (Å²) in [4.78, 5) is 23.8. The number of carbonyl (C=O) groups is 2. The smallest absolute Gasteiger partial charge is 0.317 e. The number of carbonyl (C=O) groups excluding carboxylic acids is 1. The SMILES string of the molecule is CCO[C@@H]1CCCC[C@H]1NC(=O)N(C)CCC(=O)O. The number of nitrogens with zero attached hydrogens (tertiary/aromatic N) is 1. The lowest BCUT2D eigenvalue weighted by molar-refractivity contribution is -0.137. The summed E-state index contributed by atoms with van der Waals surface area (Å²) in [5.74, 6) is -0.899. The number of hydrogen-bond donors (Lipinski definition) is 2. The molecular formula is C13H24N2O4. The number of hydrogen-bond acceptors (Lipinski definition) is 3. The molecule has 0 aromatic rings. The fourth-order valence-electron chi connectivity index (χ4n) is 2.31.